The van der Waals surface area contributed by atoms with Crippen molar-refractivity contribution in [1.29, 1.82) is 0 Å². The summed E-state index contributed by atoms with van der Waals surface area (Å²) >= 11 is 0. The second-order valence-corrected chi connectivity index (χ2v) is 6.75. The molecule has 1 amide bonds. The van der Waals surface area contributed by atoms with Gasteiger partial charge in [0.05, 0.1) is 5.56 Å². The lowest BCUT2D eigenvalue weighted by molar-refractivity contribution is -0.137. The summed E-state index contributed by atoms with van der Waals surface area (Å²) in [5, 5.41) is 0. The lowest BCUT2D eigenvalue weighted by Gasteiger charge is -2.38. The zero-order valence-corrected chi connectivity index (χ0v) is 15.1. The van der Waals surface area contributed by atoms with Crippen LogP contribution in [-0.2, 0) is 6.18 Å². The minimum Gasteiger partial charge on any atom is -0.336 e. The van der Waals surface area contributed by atoms with Gasteiger partial charge in [0, 0.05) is 37.8 Å². The Morgan fingerprint density at radius 3 is 2.07 bits per heavy atom. The number of hydrogen-bond donors (Lipinski definition) is 0. The average Bonchev–Trinajstić information content (AvgIpc) is 2.68. The van der Waals surface area contributed by atoms with E-state index in [4.69, 9.17) is 0 Å². The highest BCUT2D eigenvalue weighted by Crippen LogP contribution is 2.29. The van der Waals surface area contributed by atoms with E-state index in [0.29, 0.717) is 31.7 Å². The number of carbonyl (C=O) groups is 1. The maximum absolute atomic E-state index is 13.4. The van der Waals surface area contributed by atoms with Crippen LogP contribution in [0.15, 0.2) is 42.5 Å². The van der Waals surface area contributed by atoms with E-state index in [-0.39, 0.29) is 17.5 Å². The molecular weight excluding hydrogens is 379 g/mol. The maximum Gasteiger partial charge on any atom is 0.416 e. The van der Waals surface area contributed by atoms with Gasteiger partial charge in [-0.3, -0.25) is 9.69 Å². The minimum absolute atomic E-state index is 0.154. The lowest BCUT2D eigenvalue weighted by atomic mass is 10.1. The van der Waals surface area contributed by atoms with Crippen molar-refractivity contribution in [3.8, 4) is 0 Å². The Morgan fingerprint density at radius 1 is 0.929 bits per heavy atom. The number of benzene rings is 2. The summed E-state index contributed by atoms with van der Waals surface area (Å²) in [6.45, 7) is 3.71. The van der Waals surface area contributed by atoms with Crippen LogP contribution in [0.2, 0.25) is 0 Å². The van der Waals surface area contributed by atoms with E-state index in [1.165, 1.54) is 24.3 Å². The largest absolute Gasteiger partial charge is 0.416 e. The van der Waals surface area contributed by atoms with Crippen molar-refractivity contribution in [2.24, 2.45) is 0 Å². The van der Waals surface area contributed by atoms with Crippen LogP contribution < -0.4 is 0 Å². The predicted octanol–water partition coefficient (Wildman–Crippen LogP) is 4.50. The molecule has 2 aromatic rings. The van der Waals surface area contributed by atoms with Gasteiger partial charge < -0.3 is 4.90 Å². The summed E-state index contributed by atoms with van der Waals surface area (Å²) in [6, 6.07) is 7.79. The maximum atomic E-state index is 13.4. The van der Waals surface area contributed by atoms with Crippen molar-refractivity contribution in [1.82, 2.24) is 9.80 Å². The first-order valence-electron chi connectivity index (χ1n) is 8.82. The van der Waals surface area contributed by atoms with Crippen LogP contribution in [0.25, 0.3) is 0 Å². The van der Waals surface area contributed by atoms with Crippen LogP contribution in [0.5, 0.6) is 0 Å². The molecule has 0 N–H and O–H groups in total. The number of carbonyl (C=O) groups excluding carboxylic acids is 1. The number of rotatable bonds is 3. The first kappa shape index (κ1) is 20.3. The van der Waals surface area contributed by atoms with E-state index in [9.17, 15) is 26.7 Å². The van der Waals surface area contributed by atoms with Crippen molar-refractivity contribution < 1.29 is 26.7 Å². The summed E-state index contributed by atoms with van der Waals surface area (Å²) in [5.74, 6) is -2.13. The summed E-state index contributed by atoms with van der Waals surface area (Å²) in [7, 11) is 0. The highest BCUT2D eigenvalue weighted by Gasteiger charge is 2.31. The summed E-state index contributed by atoms with van der Waals surface area (Å²) < 4.78 is 64.5. The highest BCUT2D eigenvalue weighted by molar-refractivity contribution is 5.94. The van der Waals surface area contributed by atoms with Crippen molar-refractivity contribution in [3.63, 3.8) is 0 Å². The highest BCUT2D eigenvalue weighted by atomic mass is 19.4. The third kappa shape index (κ3) is 4.32. The number of halogens is 5. The van der Waals surface area contributed by atoms with Crippen molar-refractivity contribution in [2.45, 2.75) is 19.1 Å². The number of nitrogens with zero attached hydrogens (tertiary/aromatic N) is 2. The SMILES string of the molecule is CC(c1ccc(F)c(F)c1)N1CCN(C(=O)c2ccc(C(F)(F)F)cc2)CC1. The molecule has 0 aliphatic carbocycles. The summed E-state index contributed by atoms with van der Waals surface area (Å²) in [6.07, 6.45) is -4.44. The van der Waals surface area contributed by atoms with Gasteiger partial charge in [0.25, 0.3) is 5.91 Å². The van der Waals surface area contributed by atoms with E-state index in [1.807, 2.05) is 11.8 Å². The molecule has 1 heterocycles. The van der Waals surface area contributed by atoms with Gasteiger partial charge in [0.1, 0.15) is 0 Å². The molecule has 3 rings (SSSR count). The molecule has 1 atom stereocenters. The van der Waals surface area contributed by atoms with Gasteiger partial charge in [-0.05, 0) is 48.9 Å². The van der Waals surface area contributed by atoms with E-state index < -0.39 is 23.4 Å². The average molecular weight is 398 g/mol. The molecule has 0 saturated carbocycles. The van der Waals surface area contributed by atoms with Gasteiger partial charge in [0.15, 0.2) is 11.6 Å². The van der Waals surface area contributed by atoms with E-state index in [2.05, 4.69) is 0 Å². The van der Waals surface area contributed by atoms with Gasteiger partial charge in [-0.25, -0.2) is 8.78 Å². The molecule has 1 aliphatic heterocycles. The van der Waals surface area contributed by atoms with Crippen molar-refractivity contribution in [2.75, 3.05) is 26.2 Å². The standard InChI is InChI=1S/C20H19F5N2O/c1-13(15-4-7-17(21)18(22)12-15)26-8-10-27(11-9-26)19(28)14-2-5-16(6-3-14)20(23,24)25/h2-7,12-13H,8-11H2,1H3. The van der Waals surface area contributed by atoms with E-state index in [0.717, 1.165) is 18.2 Å². The van der Waals surface area contributed by atoms with E-state index >= 15 is 0 Å². The van der Waals surface area contributed by atoms with Crippen LogP contribution in [0.3, 0.4) is 0 Å². The van der Waals surface area contributed by atoms with Gasteiger partial charge in [-0.15, -0.1) is 0 Å². The molecule has 3 nitrogen and oxygen atoms in total. The van der Waals surface area contributed by atoms with Gasteiger partial charge in [0.2, 0.25) is 0 Å². The monoisotopic (exact) mass is 398 g/mol. The molecule has 8 heteroatoms. The first-order valence-corrected chi connectivity index (χ1v) is 8.82. The molecule has 0 bridgehead atoms. The third-order valence-electron chi connectivity index (χ3n) is 5.03. The first-order chi connectivity index (χ1) is 13.2. The topological polar surface area (TPSA) is 23.6 Å². The number of piperazine rings is 1. The number of hydrogen-bond acceptors (Lipinski definition) is 2. The predicted molar refractivity (Wildman–Crippen MR) is 93.7 cm³/mol. The molecule has 1 aliphatic rings. The Balaban J connectivity index is 1.61. The number of alkyl halides is 3. The Morgan fingerprint density at radius 2 is 1.54 bits per heavy atom. The quantitative estimate of drug-likeness (QED) is 0.711. The zero-order valence-electron chi connectivity index (χ0n) is 15.1. The molecule has 1 unspecified atom stereocenters. The van der Waals surface area contributed by atoms with Gasteiger partial charge in [-0.2, -0.15) is 13.2 Å². The number of amides is 1. The van der Waals surface area contributed by atoms with Crippen LogP contribution in [0.4, 0.5) is 22.0 Å². The fourth-order valence-electron chi connectivity index (χ4n) is 3.28. The van der Waals surface area contributed by atoms with Gasteiger partial charge >= 0.3 is 6.18 Å². The summed E-state index contributed by atoms with van der Waals surface area (Å²) in [5.41, 5.74) is 0.0470. The Bertz CT molecular complexity index is 843. The molecular formula is C20H19F5N2O. The second kappa shape index (κ2) is 7.87. The molecule has 28 heavy (non-hydrogen) atoms. The Hall–Kier alpha value is -2.48. The fourth-order valence-corrected chi connectivity index (χ4v) is 3.28. The van der Waals surface area contributed by atoms with Gasteiger partial charge in [-0.1, -0.05) is 6.07 Å². The lowest BCUT2D eigenvalue weighted by Crippen LogP contribution is -2.49. The van der Waals surface area contributed by atoms with Crippen LogP contribution in [0, 0.1) is 11.6 Å². The van der Waals surface area contributed by atoms with Crippen molar-refractivity contribution in [3.05, 3.63) is 70.8 Å². The smallest absolute Gasteiger partial charge is 0.336 e. The van der Waals surface area contributed by atoms with E-state index in [1.54, 1.807) is 4.90 Å². The van der Waals surface area contributed by atoms with Crippen LogP contribution >= 0.6 is 0 Å². The fraction of sp³-hybridized carbons (Fsp3) is 0.350. The molecule has 2 aromatic carbocycles. The summed E-state index contributed by atoms with van der Waals surface area (Å²) in [4.78, 5) is 16.1. The molecule has 0 spiro atoms. The molecule has 1 fully saturated rings. The molecule has 0 radical (unpaired) electrons. The third-order valence-corrected chi connectivity index (χ3v) is 5.03. The molecule has 1 saturated heterocycles. The minimum atomic E-state index is -4.44. The molecule has 0 aromatic heterocycles. The van der Waals surface area contributed by atoms with Crippen molar-refractivity contribution >= 4 is 5.91 Å². The normalized spacial score (nSPS) is 16.9. The Labute approximate surface area is 159 Å². The van der Waals surface area contributed by atoms with Crippen LogP contribution in [0.1, 0.15) is 34.5 Å². The molecule has 150 valence electrons. The Kier molecular flexibility index (Phi) is 5.69. The van der Waals surface area contributed by atoms with Crippen LogP contribution in [-0.4, -0.2) is 41.9 Å². The zero-order chi connectivity index (χ0) is 20.5. The second-order valence-electron chi connectivity index (χ2n) is 6.75.